The molecule has 1 aliphatic heterocycles. The fraction of sp³-hybridized carbons (Fsp3) is 0.409. The summed E-state index contributed by atoms with van der Waals surface area (Å²) in [5.41, 5.74) is 3.71. The normalized spacial score (nSPS) is 18.8. The monoisotopic (exact) mass is 467 g/mol. The summed E-state index contributed by atoms with van der Waals surface area (Å²) in [6.07, 6.45) is -2.02. The molecule has 0 bridgehead atoms. The average Bonchev–Trinajstić information content (AvgIpc) is 2.79. The number of fused-ring (bicyclic) bond motifs is 1. The van der Waals surface area contributed by atoms with E-state index in [2.05, 4.69) is 16.5 Å². The van der Waals surface area contributed by atoms with E-state index in [1.165, 1.54) is 12.4 Å². The predicted molar refractivity (Wildman–Crippen MR) is 112 cm³/mol. The molecule has 0 spiro atoms. The molecule has 11 heteroatoms. The first kappa shape index (κ1) is 22.9. The molecule has 2 N–H and O–H groups in total. The summed E-state index contributed by atoms with van der Waals surface area (Å²) in [5.74, 6) is -3.26. The Morgan fingerprint density at radius 3 is 2.52 bits per heavy atom. The van der Waals surface area contributed by atoms with E-state index in [1.54, 1.807) is 4.90 Å². The van der Waals surface area contributed by atoms with Crippen LogP contribution in [-0.2, 0) is 23.8 Å². The average molecular weight is 467 g/mol. The van der Waals surface area contributed by atoms with Crippen molar-refractivity contribution in [2.24, 2.45) is 0 Å². The van der Waals surface area contributed by atoms with Crippen LogP contribution in [0.1, 0.15) is 34.7 Å². The molecule has 33 heavy (non-hydrogen) atoms. The first-order chi connectivity index (χ1) is 15.6. The number of hydrogen-bond donors (Lipinski definition) is 1. The molecule has 4 rings (SSSR count). The summed E-state index contributed by atoms with van der Waals surface area (Å²) in [6.45, 7) is 5.50. The van der Waals surface area contributed by atoms with Gasteiger partial charge in [0.2, 0.25) is 5.91 Å². The van der Waals surface area contributed by atoms with Crippen molar-refractivity contribution in [1.82, 2.24) is 14.9 Å². The molecule has 176 valence electrons. The van der Waals surface area contributed by atoms with Gasteiger partial charge in [-0.25, -0.2) is 18.7 Å². The zero-order chi connectivity index (χ0) is 23.9. The van der Waals surface area contributed by atoms with Crippen molar-refractivity contribution < 1.29 is 26.7 Å². The van der Waals surface area contributed by atoms with Gasteiger partial charge in [0.1, 0.15) is 23.8 Å². The van der Waals surface area contributed by atoms with E-state index in [4.69, 9.17) is 5.73 Å². The Hall–Kier alpha value is -3.24. The molecule has 2 aromatic rings. The van der Waals surface area contributed by atoms with Crippen LogP contribution in [-0.4, -0.2) is 47.0 Å². The highest BCUT2D eigenvalue weighted by molar-refractivity contribution is 5.87. The van der Waals surface area contributed by atoms with Gasteiger partial charge in [-0.15, -0.1) is 0 Å². The van der Waals surface area contributed by atoms with Crippen molar-refractivity contribution in [3.05, 3.63) is 59.1 Å². The second-order valence-corrected chi connectivity index (χ2v) is 8.13. The molecule has 1 amide bonds. The third-order valence-electron chi connectivity index (χ3n) is 6.23. The Balaban J connectivity index is 1.63. The third-order valence-corrected chi connectivity index (χ3v) is 6.23. The van der Waals surface area contributed by atoms with Crippen molar-refractivity contribution in [1.29, 1.82) is 0 Å². The molecule has 2 heterocycles. The van der Waals surface area contributed by atoms with Gasteiger partial charge < -0.3 is 15.5 Å². The van der Waals surface area contributed by atoms with Crippen LogP contribution in [0.3, 0.4) is 0 Å². The molecule has 1 fully saturated rings. The van der Waals surface area contributed by atoms with Gasteiger partial charge in [0.15, 0.2) is 0 Å². The third kappa shape index (κ3) is 4.23. The molecular formula is C22H22F5N5O. The topological polar surface area (TPSA) is 75.4 Å². The fourth-order valence-electron chi connectivity index (χ4n) is 4.65. The maximum Gasteiger partial charge on any atom is 0.419 e. The van der Waals surface area contributed by atoms with Crippen LogP contribution in [0.15, 0.2) is 25.0 Å². The van der Waals surface area contributed by atoms with Gasteiger partial charge in [-0.2, -0.15) is 13.2 Å². The Kier molecular flexibility index (Phi) is 5.98. The van der Waals surface area contributed by atoms with E-state index in [0.29, 0.717) is 50.2 Å². The number of nitrogens with zero attached hydrogens (tertiary/aromatic N) is 4. The van der Waals surface area contributed by atoms with Crippen molar-refractivity contribution in [2.45, 2.75) is 31.4 Å². The standard InChI is InChI=1S/C22H22F5N5O/c1-2-17(33)31-5-7-32(8-6-31)21-13-4-3-12(9-16(13)29-11-30-21)18-19(22(25,26)27)14(23)10-15(28)20(18)24/h2,10-12H,1,3-9,28H2/t12-/m1/s1. The van der Waals surface area contributed by atoms with Crippen LogP contribution in [0.5, 0.6) is 0 Å². The maximum absolute atomic E-state index is 14.8. The van der Waals surface area contributed by atoms with E-state index in [1.807, 2.05) is 4.90 Å². The number of carbonyl (C=O) groups is 1. The van der Waals surface area contributed by atoms with Crippen LogP contribution < -0.4 is 10.6 Å². The molecule has 0 radical (unpaired) electrons. The van der Waals surface area contributed by atoms with Gasteiger partial charge in [-0.1, -0.05) is 6.58 Å². The Morgan fingerprint density at radius 2 is 1.88 bits per heavy atom. The molecule has 1 aromatic carbocycles. The molecule has 1 atom stereocenters. The van der Waals surface area contributed by atoms with Crippen LogP contribution in [0.4, 0.5) is 33.5 Å². The van der Waals surface area contributed by atoms with Gasteiger partial charge in [0.05, 0.1) is 11.3 Å². The molecule has 1 saturated heterocycles. The summed E-state index contributed by atoms with van der Waals surface area (Å²) in [6, 6.07) is 0.370. The smallest absolute Gasteiger partial charge is 0.396 e. The largest absolute Gasteiger partial charge is 0.419 e. The number of piperazine rings is 1. The summed E-state index contributed by atoms with van der Waals surface area (Å²) >= 11 is 0. The lowest BCUT2D eigenvalue weighted by atomic mass is 9.80. The number of amides is 1. The number of rotatable bonds is 3. The van der Waals surface area contributed by atoms with Crippen LogP contribution in [0.2, 0.25) is 0 Å². The minimum Gasteiger partial charge on any atom is -0.396 e. The van der Waals surface area contributed by atoms with E-state index in [-0.39, 0.29) is 18.7 Å². The predicted octanol–water partition coefficient (Wildman–Crippen LogP) is 3.46. The zero-order valence-electron chi connectivity index (χ0n) is 17.6. The molecule has 1 aromatic heterocycles. The Bertz CT molecular complexity index is 1100. The highest BCUT2D eigenvalue weighted by Crippen LogP contribution is 2.44. The Labute approximate surface area is 186 Å². The summed E-state index contributed by atoms with van der Waals surface area (Å²) < 4.78 is 69.7. The van der Waals surface area contributed by atoms with Crippen molar-refractivity contribution in [2.75, 3.05) is 36.8 Å². The first-order valence-corrected chi connectivity index (χ1v) is 10.4. The van der Waals surface area contributed by atoms with Crippen molar-refractivity contribution >= 4 is 17.4 Å². The van der Waals surface area contributed by atoms with Gasteiger partial charge in [-0.05, 0) is 31.3 Å². The second kappa shape index (κ2) is 8.60. The minimum absolute atomic E-state index is 0.00264. The number of nitrogen functional groups attached to an aromatic ring is 1. The number of aromatic nitrogens is 2. The molecule has 2 aliphatic rings. The summed E-state index contributed by atoms with van der Waals surface area (Å²) in [5, 5.41) is 0. The summed E-state index contributed by atoms with van der Waals surface area (Å²) in [7, 11) is 0. The van der Waals surface area contributed by atoms with Crippen molar-refractivity contribution in [3.63, 3.8) is 0 Å². The number of alkyl halides is 3. The fourth-order valence-corrected chi connectivity index (χ4v) is 4.65. The second-order valence-electron chi connectivity index (χ2n) is 8.13. The number of nitrogens with two attached hydrogens (primary N) is 1. The number of halogens is 5. The quantitative estimate of drug-likeness (QED) is 0.425. The lowest BCUT2D eigenvalue weighted by Gasteiger charge is -2.37. The first-order valence-electron chi connectivity index (χ1n) is 10.4. The van der Waals surface area contributed by atoms with Crippen LogP contribution in [0, 0.1) is 11.6 Å². The molecule has 6 nitrogen and oxygen atoms in total. The lowest BCUT2D eigenvalue weighted by Crippen LogP contribution is -2.49. The van der Waals surface area contributed by atoms with Gasteiger partial charge in [0, 0.05) is 49.1 Å². The van der Waals surface area contributed by atoms with Crippen LogP contribution >= 0.6 is 0 Å². The number of hydrogen-bond acceptors (Lipinski definition) is 5. The molecule has 0 unspecified atom stereocenters. The van der Waals surface area contributed by atoms with E-state index >= 15 is 0 Å². The summed E-state index contributed by atoms with van der Waals surface area (Å²) in [4.78, 5) is 24.1. The van der Waals surface area contributed by atoms with E-state index in [0.717, 1.165) is 5.56 Å². The van der Waals surface area contributed by atoms with Crippen molar-refractivity contribution in [3.8, 4) is 0 Å². The van der Waals surface area contributed by atoms with Gasteiger partial charge in [0.25, 0.3) is 0 Å². The SMILES string of the molecule is C=CC(=O)N1CCN(c2ncnc3c2CC[C@@H](c2c(F)c(N)cc(F)c2C(F)(F)F)C3)CC1. The highest BCUT2D eigenvalue weighted by Gasteiger charge is 2.42. The van der Waals surface area contributed by atoms with E-state index < -0.39 is 40.5 Å². The highest BCUT2D eigenvalue weighted by atomic mass is 19.4. The number of benzene rings is 1. The molecule has 1 aliphatic carbocycles. The number of anilines is 2. The molecule has 0 saturated carbocycles. The molecular weight excluding hydrogens is 445 g/mol. The maximum atomic E-state index is 14.8. The Morgan fingerprint density at radius 1 is 1.18 bits per heavy atom. The van der Waals surface area contributed by atoms with Gasteiger partial charge >= 0.3 is 6.18 Å². The van der Waals surface area contributed by atoms with Gasteiger partial charge in [-0.3, -0.25) is 4.79 Å². The van der Waals surface area contributed by atoms with Crippen LogP contribution in [0.25, 0.3) is 0 Å². The lowest BCUT2D eigenvalue weighted by molar-refractivity contribution is -0.141. The minimum atomic E-state index is -5.06. The number of carbonyl (C=O) groups excluding carboxylic acids is 1. The van der Waals surface area contributed by atoms with E-state index in [9.17, 15) is 26.7 Å². The zero-order valence-corrected chi connectivity index (χ0v) is 17.6.